The molecule has 12 aromatic rings. The molecule has 0 aliphatic carbocycles. The number of ether oxygens (including phenoxy) is 1. The number of hydrogen-bond acceptors (Lipinski definition) is 19. The fraction of sp³-hybridized carbons (Fsp3) is 0.214. The lowest BCUT2D eigenvalue weighted by atomic mass is 10.2. The zero-order valence-corrected chi connectivity index (χ0v) is 69.1. The largest absolute Gasteiger partial charge is 0.489 e. The highest BCUT2D eigenvalue weighted by atomic mass is 35.5. The highest BCUT2D eigenvalue weighted by molar-refractivity contribution is 6.30. The Morgan fingerprint density at radius 1 is 0.284 bits per heavy atom. The molecule has 0 saturated heterocycles. The van der Waals surface area contributed by atoms with Crippen molar-refractivity contribution in [1.82, 2.24) is 59.8 Å². The standard InChI is InChI=1S/C20H20ClN5O.4C14H17N5.C8H13N5/c1-13-11-14(2)24-20(23-13)26-19(22)25-17-7-9-18(10-8-17)27-12-15-3-5-16(21)6-4-15;3*1-9-4-6-12(7-5-9)18-13(15)19-14-16-10(2)8-11(3)17-14;1-9-5-4-6-12(7-9)18-13(15)19-14-16-10(2)8-11(3)17-14;1-5-4-6(2)12-8(11-5)13-7(9)10-3/h3-11H,12H2,1-2H3,(H3,22,23,24,25,26);4*4-8H,1-3H3,(H3,15,16,17,18,19);4H,1-3H3,(H3,9,10,11,12,13). The number of nitrogens with one attached hydrogen (secondary N) is 6. The molecule has 0 fully saturated rings. The SMILES string of the molecule is CN=C(N)Nc1nc(C)cc(C)n1.Cc1cc(C)nc(N=C(N)Nc2ccc(OCc3ccc(Cl)cc3)cc2)n1.Cc1ccc(NC(N)=Nc2nc(C)cc(C)n2)cc1.Cc1ccc(NC(N)=Nc2nc(C)cc(C)n2)cc1.Cc1ccc(NC(N)=Nc2nc(C)cc(C)n2)cc1.Cc1cccc(NC(N)=Nc2nc(C)cc(C)n2)c1. The number of rotatable bonds is 14. The summed E-state index contributed by atoms with van der Waals surface area (Å²) in [5.74, 6) is 4.67. The maximum absolute atomic E-state index is 5.94. The van der Waals surface area contributed by atoms with Crippen molar-refractivity contribution in [2.24, 2.45) is 64.4 Å². The summed E-state index contributed by atoms with van der Waals surface area (Å²) in [5, 5.41) is 18.5. The van der Waals surface area contributed by atoms with E-state index in [0.717, 1.165) is 114 Å². The number of halogens is 1. The molecule has 600 valence electrons. The lowest BCUT2D eigenvalue weighted by molar-refractivity contribution is 0.306. The molecule has 0 unspecified atom stereocenters. The topological polar surface area (TPSA) is 466 Å². The van der Waals surface area contributed by atoms with E-state index >= 15 is 0 Å². The van der Waals surface area contributed by atoms with Crippen LogP contribution in [-0.2, 0) is 6.61 Å². The van der Waals surface area contributed by atoms with Gasteiger partial charge in [0, 0.05) is 109 Å². The molecule has 31 nitrogen and oxygen atoms in total. The summed E-state index contributed by atoms with van der Waals surface area (Å²) >= 11 is 5.88. The molecule has 0 aliphatic rings. The Kier molecular flexibility index (Phi) is 34.1. The maximum atomic E-state index is 5.94. The minimum Gasteiger partial charge on any atom is -0.489 e. The molecule has 0 amide bonds. The Balaban J connectivity index is 0.000000195. The first kappa shape index (κ1) is 88.7. The van der Waals surface area contributed by atoms with Crippen molar-refractivity contribution in [3.8, 4) is 5.75 Å². The number of anilines is 6. The third-order valence-corrected chi connectivity index (χ3v) is 15.4. The third kappa shape index (κ3) is 34.0. The minimum absolute atomic E-state index is 0.217. The summed E-state index contributed by atoms with van der Waals surface area (Å²) in [6.07, 6.45) is 0. The van der Waals surface area contributed by atoms with E-state index in [0.29, 0.717) is 53.3 Å². The lowest BCUT2D eigenvalue weighted by Crippen LogP contribution is -2.23. The molecule has 6 aromatic carbocycles. The second-order valence-corrected chi connectivity index (χ2v) is 26.9. The number of aliphatic imine (C=N–C) groups is 6. The van der Waals surface area contributed by atoms with Crippen molar-refractivity contribution in [2.45, 2.75) is 117 Å². The van der Waals surface area contributed by atoms with Crippen molar-refractivity contribution >= 4 is 111 Å². The molecule has 12 rings (SSSR count). The maximum Gasteiger partial charge on any atom is 0.253 e. The predicted octanol–water partition coefficient (Wildman–Crippen LogP) is 14.7. The molecule has 0 radical (unpaired) electrons. The Bertz CT molecular complexity index is 5020. The van der Waals surface area contributed by atoms with Gasteiger partial charge in [0.2, 0.25) is 35.7 Å². The van der Waals surface area contributed by atoms with Crippen molar-refractivity contribution in [3.63, 3.8) is 0 Å². The molecule has 0 atom stereocenters. The first-order valence-electron chi connectivity index (χ1n) is 36.4. The molecule has 6 aromatic heterocycles. The van der Waals surface area contributed by atoms with Crippen LogP contribution < -0.4 is 71.0 Å². The van der Waals surface area contributed by atoms with Gasteiger partial charge in [0.1, 0.15) is 12.4 Å². The van der Waals surface area contributed by atoms with Gasteiger partial charge in [-0.15, -0.1) is 0 Å². The zero-order valence-electron chi connectivity index (χ0n) is 68.3. The molecule has 0 aliphatic heterocycles. The second kappa shape index (κ2) is 44.5. The molecule has 0 bridgehead atoms. The van der Waals surface area contributed by atoms with Crippen LogP contribution in [0.25, 0.3) is 0 Å². The van der Waals surface area contributed by atoms with Crippen LogP contribution >= 0.6 is 11.6 Å². The van der Waals surface area contributed by atoms with Gasteiger partial charge in [0.15, 0.2) is 5.96 Å². The van der Waals surface area contributed by atoms with Crippen LogP contribution in [0.5, 0.6) is 5.75 Å². The van der Waals surface area contributed by atoms with E-state index in [-0.39, 0.29) is 29.8 Å². The van der Waals surface area contributed by atoms with Crippen molar-refractivity contribution in [2.75, 3.05) is 38.9 Å². The average molecular weight is 1580 g/mol. The number of benzene rings is 6. The summed E-state index contributed by atoms with van der Waals surface area (Å²) in [6.45, 7) is 31.4. The summed E-state index contributed by atoms with van der Waals surface area (Å²) in [6, 6.07) is 57.9. The third-order valence-electron chi connectivity index (χ3n) is 15.1. The van der Waals surface area contributed by atoms with Crippen molar-refractivity contribution in [1.29, 1.82) is 0 Å². The Labute approximate surface area is 682 Å². The average Bonchev–Trinajstić information content (AvgIpc) is 0.868. The molecule has 116 heavy (non-hydrogen) atoms. The van der Waals surface area contributed by atoms with Crippen LogP contribution in [0.4, 0.5) is 64.1 Å². The highest BCUT2D eigenvalue weighted by Crippen LogP contribution is 2.21. The Hall–Kier alpha value is -14.5. The van der Waals surface area contributed by atoms with Gasteiger partial charge in [-0.05, 0) is 243 Å². The molecular formula is C84H101ClN30O. The van der Waals surface area contributed by atoms with Crippen molar-refractivity contribution < 1.29 is 4.74 Å². The van der Waals surface area contributed by atoms with Crippen LogP contribution in [-0.4, -0.2) is 103 Å². The van der Waals surface area contributed by atoms with Crippen LogP contribution in [0.2, 0.25) is 5.02 Å². The van der Waals surface area contributed by atoms with E-state index in [9.17, 15) is 0 Å². The quantitative estimate of drug-likeness (QED) is 0.0355. The summed E-state index contributed by atoms with van der Waals surface area (Å²) in [7, 11) is 1.60. The summed E-state index contributed by atoms with van der Waals surface area (Å²) in [5.41, 5.74) is 55.3. The molecule has 18 N–H and O–H groups in total. The first-order valence-corrected chi connectivity index (χ1v) is 36.8. The zero-order chi connectivity index (χ0) is 84.4. The number of aryl methyl sites for hydroxylation is 16. The van der Waals surface area contributed by atoms with Gasteiger partial charge < -0.3 is 65.7 Å². The molecule has 6 heterocycles. The first-order chi connectivity index (χ1) is 55.2. The fourth-order valence-electron chi connectivity index (χ4n) is 10.2. The van der Waals surface area contributed by atoms with Crippen LogP contribution in [0.3, 0.4) is 0 Å². The Morgan fingerprint density at radius 3 is 0.810 bits per heavy atom. The van der Waals surface area contributed by atoms with Gasteiger partial charge in [0.05, 0.1) is 0 Å². The van der Waals surface area contributed by atoms with Gasteiger partial charge in [-0.1, -0.05) is 89.0 Å². The number of guanidine groups is 6. The molecule has 32 heteroatoms. The van der Waals surface area contributed by atoms with Crippen LogP contribution in [0.1, 0.15) is 96.1 Å². The lowest BCUT2D eigenvalue weighted by Gasteiger charge is -2.09. The number of nitrogens with zero attached hydrogens (tertiary/aromatic N) is 18. The van der Waals surface area contributed by atoms with Gasteiger partial charge >= 0.3 is 0 Å². The van der Waals surface area contributed by atoms with E-state index in [4.69, 9.17) is 50.7 Å². The summed E-state index contributed by atoms with van der Waals surface area (Å²) in [4.78, 5) is 75.0. The number of nitrogens with two attached hydrogens (primary N) is 6. The normalized spacial score (nSPS) is 11.4. The van der Waals surface area contributed by atoms with E-state index in [1.165, 1.54) is 16.7 Å². The van der Waals surface area contributed by atoms with E-state index in [1.807, 2.05) is 293 Å². The van der Waals surface area contributed by atoms with E-state index in [1.54, 1.807) is 7.05 Å². The Morgan fingerprint density at radius 2 is 0.543 bits per heavy atom. The smallest absolute Gasteiger partial charge is 0.253 e. The monoisotopic (exact) mass is 1580 g/mol. The predicted molar refractivity (Wildman–Crippen MR) is 472 cm³/mol. The van der Waals surface area contributed by atoms with Gasteiger partial charge in [-0.2, -0.15) is 25.0 Å². The fourth-order valence-corrected chi connectivity index (χ4v) is 10.3. The van der Waals surface area contributed by atoms with Crippen LogP contribution in [0, 0.1) is 111 Å². The van der Waals surface area contributed by atoms with Crippen molar-refractivity contribution in [3.05, 3.63) is 283 Å². The van der Waals surface area contributed by atoms with E-state index < -0.39 is 0 Å². The van der Waals surface area contributed by atoms with Gasteiger partial charge in [0.25, 0.3) is 29.7 Å². The molecule has 0 spiro atoms. The van der Waals surface area contributed by atoms with Crippen LogP contribution in [0.15, 0.2) is 212 Å². The highest BCUT2D eigenvalue weighted by Gasteiger charge is 2.08. The number of hydrogen-bond donors (Lipinski definition) is 12. The molecule has 0 saturated carbocycles. The minimum atomic E-state index is 0.217. The van der Waals surface area contributed by atoms with Gasteiger partial charge in [-0.3, -0.25) is 10.3 Å². The number of aromatic nitrogens is 12. The second-order valence-electron chi connectivity index (χ2n) is 26.5. The molecular weight excluding hydrogens is 1480 g/mol. The summed E-state index contributed by atoms with van der Waals surface area (Å²) < 4.78 is 5.76. The van der Waals surface area contributed by atoms with E-state index in [2.05, 4.69) is 122 Å². The van der Waals surface area contributed by atoms with Gasteiger partial charge in [-0.25, -0.2) is 59.8 Å².